The first kappa shape index (κ1) is 17.1. The fourth-order valence-electron chi connectivity index (χ4n) is 3.90. The summed E-state index contributed by atoms with van der Waals surface area (Å²) >= 11 is 0. The van der Waals surface area contributed by atoms with Crippen LogP contribution in [0.2, 0.25) is 0 Å². The van der Waals surface area contributed by atoms with Gasteiger partial charge in [-0.2, -0.15) is 5.10 Å². The fourth-order valence-corrected chi connectivity index (χ4v) is 3.90. The normalized spacial score (nSPS) is 17.6. The SMILES string of the molecule is O=C1CN(CCC2CCOCC2)c2nc(-c3ccc4cn[nH]c4c3)cnc2N1. The molecule has 0 aliphatic carbocycles. The van der Waals surface area contributed by atoms with Gasteiger partial charge < -0.3 is 15.0 Å². The Bertz CT molecular complexity index is 1010. The number of rotatable bonds is 4. The Kier molecular flexibility index (Phi) is 4.40. The van der Waals surface area contributed by atoms with Gasteiger partial charge in [0.05, 0.1) is 30.1 Å². The second-order valence-corrected chi connectivity index (χ2v) is 7.41. The molecule has 0 bridgehead atoms. The zero-order chi connectivity index (χ0) is 18.9. The van der Waals surface area contributed by atoms with E-state index in [-0.39, 0.29) is 5.91 Å². The average molecular weight is 378 g/mol. The molecule has 144 valence electrons. The largest absolute Gasteiger partial charge is 0.381 e. The molecular formula is C20H22N6O2. The van der Waals surface area contributed by atoms with Gasteiger partial charge >= 0.3 is 0 Å². The van der Waals surface area contributed by atoms with Crippen molar-refractivity contribution in [1.82, 2.24) is 20.2 Å². The van der Waals surface area contributed by atoms with Crippen molar-refractivity contribution in [2.45, 2.75) is 19.3 Å². The van der Waals surface area contributed by atoms with E-state index in [1.165, 1.54) is 0 Å². The molecular weight excluding hydrogens is 356 g/mol. The molecule has 8 nitrogen and oxygen atoms in total. The van der Waals surface area contributed by atoms with Gasteiger partial charge in [0.1, 0.15) is 0 Å². The highest BCUT2D eigenvalue weighted by atomic mass is 16.5. The molecule has 1 saturated heterocycles. The van der Waals surface area contributed by atoms with Crippen LogP contribution in [0.4, 0.5) is 11.6 Å². The van der Waals surface area contributed by atoms with Crippen LogP contribution in [0.15, 0.2) is 30.6 Å². The van der Waals surface area contributed by atoms with Crippen LogP contribution in [-0.2, 0) is 9.53 Å². The Morgan fingerprint density at radius 1 is 1.21 bits per heavy atom. The zero-order valence-corrected chi connectivity index (χ0v) is 15.5. The maximum atomic E-state index is 12.1. The number of benzene rings is 1. The van der Waals surface area contributed by atoms with Crippen molar-refractivity contribution in [3.8, 4) is 11.3 Å². The summed E-state index contributed by atoms with van der Waals surface area (Å²) in [5, 5.41) is 11.0. The van der Waals surface area contributed by atoms with E-state index >= 15 is 0 Å². The van der Waals surface area contributed by atoms with E-state index in [0.717, 1.165) is 67.0 Å². The number of aromatic nitrogens is 4. The lowest BCUT2D eigenvalue weighted by Gasteiger charge is -2.31. The highest BCUT2D eigenvalue weighted by Crippen LogP contribution is 2.30. The number of carbonyl (C=O) groups excluding carboxylic acids is 1. The summed E-state index contributed by atoms with van der Waals surface area (Å²) in [4.78, 5) is 23.5. The van der Waals surface area contributed by atoms with E-state index in [2.05, 4.69) is 25.4 Å². The molecule has 1 fully saturated rings. The van der Waals surface area contributed by atoms with Crippen LogP contribution in [0.1, 0.15) is 19.3 Å². The Balaban J connectivity index is 1.42. The molecule has 0 atom stereocenters. The molecule has 2 aromatic heterocycles. The average Bonchev–Trinajstić information content (AvgIpc) is 3.20. The van der Waals surface area contributed by atoms with Gasteiger partial charge in [0.15, 0.2) is 11.6 Å². The Morgan fingerprint density at radius 3 is 3.00 bits per heavy atom. The molecule has 3 aromatic rings. The third-order valence-corrected chi connectivity index (χ3v) is 5.53. The van der Waals surface area contributed by atoms with E-state index < -0.39 is 0 Å². The molecule has 8 heteroatoms. The number of hydrogen-bond acceptors (Lipinski definition) is 6. The lowest BCUT2D eigenvalue weighted by molar-refractivity contribution is -0.115. The van der Waals surface area contributed by atoms with Crippen molar-refractivity contribution in [3.05, 3.63) is 30.6 Å². The number of fused-ring (bicyclic) bond motifs is 2. The number of nitrogens with one attached hydrogen (secondary N) is 2. The van der Waals surface area contributed by atoms with Crippen LogP contribution in [0.3, 0.4) is 0 Å². The number of hydrogen-bond donors (Lipinski definition) is 2. The van der Waals surface area contributed by atoms with E-state index in [1.54, 1.807) is 12.4 Å². The topological polar surface area (TPSA) is 96.0 Å². The van der Waals surface area contributed by atoms with Crippen LogP contribution in [0.5, 0.6) is 0 Å². The Hall–Kier alpha value is -3.00. The zero-order valence-electron chi connectivity index (χ0n) is 15.5. The molecule has 0 unspecified atom stereocenters. The minimum Gasteiger partial charge on any atom is -0.381 e. The van der Waals surface area contributed by atoms with E-state index in [9.17, 15) is 4.79 Å². The number of nitrogens with zero attached hydrogens (tertiary/aromatic N) is 4. The number of amides is 1. The van der Waals surface area contributed by atoms with Crippen LogP contribution < -0.4 is 10.2 Å². The maximum absolute atomic E-state index is 12.1. The minimum absolute atomic E-state index is 0.0413. The maximum Gasteiger partial charge on any atom is 0.245 e. The Labute approximate surface area is 162 Å². The predicted octanol–water partition coefficient (Wildman–Crippen LogP) is 2.60. The highest BCUT2D eigenvalue weighted by Gasteiger charge is 2.26. The molecule has 2 N–H and O–H groups in total. The van der Waals surface area contributed by atoms with Crippen LogP contribution >= 0.6 is 0 Å². The van der Waals surface area contributed by atoms with Gasteiger partial charge in [0, 0.05) is 30.7 Å². The third-order valence-electron chi connectivity index (χ3n) is 5.53. The standard InChI is InChI=1S/C20H22N6O2/c27-18-12-26(6-3-13-4-7-28-8-5-13)20-19(24-18)21-11-17(23-20)14-1-2-15-10-22-25-16(15)9-14/h1-2,9-11,13H,3-8,12H2,(H,22,25)(H,21,24,27). The molecule has 0 saturated carbocycles. The first-order valence-electron chi connectivity index (χ1n) is 9.69. The van der Waals surface area contributed by atoms with Gasteiger partial charge in [-0.3, -0.25) is 9.89 Å². The van der Waals surface area contributed by atoms with Crippen LogP contribution in [-0.4, -0.2) is 52.4 Å². The van der Waals surface area contributed by atoms with Crippen molar-refractivity contribution >= 4 is 28.4 Å². The monoisotopic (exact) mass is 378 g/mol. The van der Waals surface area contributed by atoms with Crippen molar-refractivity contribution in [1.29, 1.82) is 0 Å². The lowest BCUT2D eigenvalue weighted by atomic mass is 9.96. The van der Waals surface area contributed by atoms with Crippen LogP contribution in [0.25, 0.3) is 22.2 Å². The fraction of sp³-hybridized carbons (Fsp3) is 0.400. The summed E-state index contributed by atoms with van der Waals surface area (Å²) in [6, 6.07) is 6.05. The summed E-state index contributed by atoms with van der Waals surface area (Å²) in [5.41, 5.74) is 2.71. The van der Waals surface area contributed by atoms with E-state index in [0.29, 0.717) is 18.3 Å². The molecule has 5 rings (SSSR count). The number of H-pyrrole nitrogens is 1. The van der Waals surface area contributed by atoms with Crippen molar-refractivity contribution < 1.29 is 9.53 Å². The number of aromatic amines is 1. The third kappa shape index (κ3) is 3.31. The summed E-state index contributed by atoms with van der Waals surface area (Å²) < 4.78 is 5.45. The quantitative estimate of drug-likeness (QED) is 0.724. The smallest absolute Gasteiger partial charge is 0.245 e. The van der Waals surface area contributed by atoms with E-state index in [4.69, 9.17) is 9.72 Å². The molecule has 2 aliphatic rings. The molecule has 0 radical (unpaired) electrons. The van der Waals surface area contributed by atoms with Gasteiger partial charge in [0.2, 0.25) is 5.91 Å². The minimum atomic E-state index is -0.0413. The van der Waals surface area contributed by atoms with Gasteiger partial charge in [0.25, 0.3) is 0 Å². The molecule has 2 aliphatic heterocycles. The van der Waals surface area contributed by atoms with Gasteiger partial charge in [-0.25, -0.2) is 9.97 Å². The second kappa shape index (κ2) is 7.20. The van der Waals surface area contributed by atoms with Gasteiger partial charge in [-0.05, 0) is 31.2 Å². The van der Waals surface area contributed by atoms with Gasteiger partial charge in [-0.15, -0.1) is 0 Å². The predicted molar refractivity (Wildman–Crippen MR) is 106 cm³/mol. The number of carbonyl (C=O) groups is 1. The molecule has 1 amide bonds. The van der Waals surface area contributed by atoms with E-state index in [1.807, 2.05) is 18.2 Å². The number of anilines is 2. The molecule has 28 heavy (non-hydrogen) atoms. The van der Waals surface area contributed by atoms with Crippen molar-refractivity contribution in [3.63, 3.8) is 0 Å². The van der Waals surface area contributed by atoms with Gasteiger partial charge in [-0.1, -0.05) is 12.1 Å². The first-order chi connectivity index (χ1) is 13.8. The summed E-state index contributed by atoms with van der Waals surface area (Å²) in [7, 11) is 0. The molecule has 1 aromatic carbocycles. The first-order valence-corrected chi connectivity index (χ1v) is 9.69. The summed E-state index contributed by atoms with van der Waals surface area (Å²) in [6.45, 7) is 2.78. The van der Waals surface area contributed by atoms with Crippen LogP contribution in [0, 0.1) is 5.92 Å². The number of ether oxygens (including phenoxy) is 1. The molecule has 4 heterocycles. The molecule has 0 spiro atoms. The highest BCUT2D eigenvalue weighted by molar-refractivity contribution is 5.99. The summed E-state index contributed by atoms with van der Waals surface area (Å²) in [5.74, 6) is 1.88. The van der Waals surface area contributed by atoms with Crippen molar-refractivity contribution in [2.75, 3.05) is 36.5 Å². The lowest BCUT2D eigenvalue weighted by Crippen LogP contribution is -2.40. The second-order valence-electron chi connectivity index (χ2n) is 7.41. The Morgan fingerprint density at radius 2 is 2.11 bits per heavy atom. The summed E-state index contributed by atoms with van der Waals surface area (Å²) in [6.07, 6.45) is 6.71. The van der Waals surface area contributed by atoms with Crippen molar-refractivity contribution in [2.24, 2.45) is 5.92 Å².